The lowest BCUT2D eigenvalue weighted by Gasteiger charge is -2.27. The Kier molecular flexibility index (Phi) is 4.87. The number of halogens is 1. The van der Waals surface area contributed by atoms with E-state index in [4.69, 9.17) is 22.1 Å². The van der Waals surface area contributed by atoms with Crippen LogP contribution < -0.4 is 11.1 Å². The molecule has 0 spiro atoms. The minimum atomic E-state index is 0.126. The van der Waals surface area contributed by atoms with E-state index in [1.54, 1.807) is 18.2 Å². The van der Waals surface area contributed by atoms with Crippen LogP contribution in [0.3, 0.4) is 0 Å². The molecule has 1 fully saturated rings. The van der Waals surface area contributed by atoms with Crippen molar-refractivity contribution in [2.24, 2.45) is 0 Å². The van der Waals surface area contributed by atoms with E-state index in [2.05, 4.69) is 5.32 Å². The number of hydrogen-bond donors (Lipinski definition) is 2. The predicted octanol–water partition coefficient (Wildman–Crippen LogP) is 1.58. The number of anilines is 2. The SMILES string of the molecule is Nc1cccc(Cl)c1NCCC(=O)N1CCOCC1. The minimum Gasteiger partial charge on any atom is -0.397 e. The smallest absolute Gasteiger partial charge is 0.224 e. The van der Waals surface area contributed by atoms with Crippen LogP contribution >= 0.6 is 11.6 Å². The van der Waals surface area contributed by atoms with Crippen molar-refractivity contribution in [3.05, 3.63) is 23.2 Å². The summed E-state index contributed by atoms with van der Waals surface area (Å²) < 4.78 is 5.21. The minimum absolute atomic E-state index is 0.126. The summed E-state index contributed by atoms with van der Waals surface area (Å²) in [6, 6.07) is 5.34. The maximum Gasteiger partial charge on any atom is 0.224 e. The summed E-state index contributed by atoms with van der Waals surface area (Å²) in [6.45, 7) is 3.11. The molecule has 2 rings (SSSR count). The van der Waals surface area contributed by atoms with E-state index < -0.39 is 0 Å². The second-order valence-corrected chi connectivity index (χ2v) is 4.78. The van der Waals surface area contributed by atoms with Gasteiger partial charge in [-0.15, -0.1) is 0 Å². The zero-order valence-corrected chi connectivity index (χ0v) is 11.4. The lowest BCUT2D eigenvalue weighted by atomic mass is 10.2. The molecule has 1 saturated heterocycles. The molecule has 3 N–H and O–H groups in total. The monoisotopic (exact) mass is 283 g/mol. The quantitative estimate of drug-likeness (QED) is 0.824. The molecule has 0 atom stereocenters. The molecule has 104 valence electrons. The van der Waals surface area contributed by atoms with Gasteiger partial charge in [0, 0.05) is 26.1 Å². The second kappa shape index (κ2) is 6.63. The summed E-state index contributed by atoms with van der Waals surface area (Å²) in [6.07, 6.45) is 0.421. The van der Waals surface area contributed by atoms with Crippen LogP contribution in [0.1, 0.15) is 6.42 Å². The van der Waals surface area contributed by atoms with Crippen molar-refractivity contribution in [1.82, 2.24) is 4.90 Å². The van der Waals surface area contributed by atoms with Crippen LogP contribution in [-0.2, 0) is 9.53 Å². The molecule has 1 amide bonds. The van der Waals surface area contributed by atoms with Crippen LogP contribution in [0.5, 0.6) is 0 Å². The zero-order valence-electron chi connectivity index (χ0n) is 10.7. The van der Waals surface area contributed by atoms with E-state index >= 15 is 0 Å². The van der Waals surface area contributed by atoms with E-state index in [1.807, 2.05) is 4.90 Å². The van der Waals surface area contributed by atoms with Crippen molar-refractivity contribution in [2.45, 2.75) is 6.42 Å². The fourth-order valence-electron chi connectivity index (χ4n) is 1.99. The maximum atomic E-state index is 11.9. The fraction of sp³-hybridized carbons (Fsp3) is 0.462. The Bertz CT molecular complexity index is 427. The van der Waals surface area contributed by atoms with Gasteiger partial charge in [0.15, 0.2) is 0 Å². The molecule has 1 aromatic carbocycles. The number of para-hydroxylation sites is 1. The number of nitrogens with zero attached hydrogens (tertiary/aromatic N) is 1. The highest BCUT2D eigenvalue weighted by atomic mass is 35.5. The van der Waals surface area contributed by atoms with Gasteiger partial charge in [-0.1, -0.05) is 17.7 Å². The third-order valence-corrected chi connectivity index (χ3v) is 3.37. The molecule has 19 heavy (non-hydrogen) atoms. The molecule has 5 nitrogen and oxygen atoms in total. The van der Waals surface area contributed by atoms with Gasteiger partial charge >= 0.3 is 0 Å². The van der Waals surface area contributed by atoms with Gasteiger partial charge in [-0.3, -0.25) is 4.79 Å². The highest BCUT2D eigenvalue weighted by Gasteiger charge is 2.16. The Labute approximate surface area is 117 Å². The molecule has 1 aliphatic heterocycles. The second-order valence-electron chi connectivity index (χ2n) is 4.37. The number of ether oxygens (including phenoxy) is 1. The molecule has 0 unspecified atom stereocenters. The fourth-order valence-corrected chi connectivity index (χ4v) is 2.24. The number of nitrogen functional groups attached to an aromatic ring is 1. The number of morpholine rings is 1. The summed E-state index contributed by atoms with van der Waals surface area (Å²) in [5, 5.41) is 3.68. The zero-order chi connectivity index (χ0) is 13.7. The van der Waals surface area contributed by atoms with Gasteiger partial charge in [-0.05, 0) is 12.1 Å². The molecule has 0 aromatic heterocycles. The van der Waals surface area contributed by atoms with Crippen molar-refractivity contribution in [3.8, 4) is 0 Å². The first-order valence-corrected chi connectivity index (χ1v) is 6.69. The molecular formula is C13H18ClN3O2. The van der Waals surface area contributed by atoms with Crippen molar-refractivity contribution >= 4 is 28.9 Å². The number of nitrogens with two attached hydrogens (primary N) is 1. The Morgan fingerprint density at radius 1 is 1.42 bits per heavy atom. The highest BCUT2D eigenvalue weighted by Crippen LogP contribution is 2.27. The number of hydrogen-bond acceptors (Lipinski definition) is 4. The van der Waals surface area contributed by atoms with Crippen molar-refractivity contribution in [2.75, 3.05) is 43.9 Å². The number of nitrogens with one attached hydrogen (secondary N) is 1. The standard InChI is InChI=1S/C13H18ClN3O2/c14-10-2-1-3-11(15)13(10)16-5-4-12(18)17-6-8-19-9-7-17/h1-3,16H,4-9,15H2. The van der Waals surface area contributed by atoms with Crippen LogP contribution in [0.25, 0.3) is 0 Å². The summed E-state index contributed by atoms with van der Waals surface area (Å²) in [4.78, 5) is 13.7. The average Bonchev–Trinajstić information content (AvgIpc) is 2.43. The van der Waals surface area contributed by atoms with Gasteiger partial charge in [-0.2, -0.15) is 0 Å². The van der Waals surface area contributed by atoms with Gasteiger partial charge in [0.05, 0.1) is 29.6 Å². The summed E-state index contributed by atoms with van der Waals surface area (Å²) in [5.41, 5.74) is 7.10. The van der Waals surface area contributed by atoms with E-state index in [0.29, 0.717) is 55.7 Å². The van der Waals surface area contributed by atoms with Gasteiger partial charge in [0.2, 0.25) is 5.91 Å². The average molecular weight is 284 g/mol. The Hall–Kier alpha value is -1.46. The Morgan fingerprint density at radius 2 is 2.16 bits per heavy atom. The number of rotatable bonds is 4. The third-order valence-electron chi connectivity index (χ3n) is 3.05. The van der Waals surface area contributed by atoms with E-state index in [1.165, 1.54) is 0 Å². The molecule has 0 bridgehead atoms. The molecule has 6 heteroatoms. The summed E-state index contributed by atoms with van der Waals surface area (Å²) in [7, 11) is 0. The van der Waals surface area contributed by atoms with Crippen LogP contribution in [-0.4, -0.2) is 43.7 Å². The van der Waals surface area contributed by atoms with Crippen LogP contribution in [0.4, 0.5) is 11.4 Å². The van der Waals surface area contributed by atoms with E-state index in [9.17, 15) is 4.79 Å². The third kappa shape index (κ3) is 3.75. The van der Waals surface area contributed by atoms with Crippen LogP contribution in [0.2, 0.25) is 5.02 Å². The normalized spacial score (nSPS) is 15.3. The first kappa shape index (κ1) is 14.0. The van der Waals surface area contributed by atoms with Crippen molar-refractivity contribution < 1.29 is 9.53 Å². The number of benzene rings is 1. The largest absolute Gasteiger partial charge is 0.397 e. The van der Waals surface area contributed by atoms with Crippen LogP contribution in [0.15, 0.2) is 18.2 Å². The summed E-state index contributed by atoms with van der Waals surface area (Å²) in [5.74, 6) is 0.126. The summed E-state index contributed by atoms with van der Waals surface area (Å²) >= 11 is 6.04. The van der Waals surface area contributed by atoms with Gasteiger partial charge in [0.1, 0.15) is 0 Å². The lowest BCUT2D eigenvalue weighted by Crippen LogP contribution is -2.41. The molecule has 0 radical (unpaired) electrons. The van der Waals surface area contributed by atoms with E-state index in [0.717, 1.165) is 0 Å². The number of carbonyl (C=O) groups excluding carboxylic acids is 1. The topological polar surface area (TPSA) is 67.6 Å². The molecule has 0 saturated carbocycles. The number of amides is 1. The predicted molar refractivity (Wildman–Crippen MR) is 76.4 cm³/mol. The van der Waals surface area contributed by atoms with Gasteiger partial charge in [-0.25, -0.2) is 0 Å². The molecule has 1 aromatic rings. The highest BCUT2D eigenvalue weighted by molar-refractivity contribution is 6.33. The molecular weight excluding hydrogens is 266 g/mol. The van der Waals surface area contributed by atoms with Crippen molar-refractivity contribution in [1.29, 1.82) is 0 Å². The number of carbonyl (C=O) groups is 1. The first-order chi connectivity index (χ1) is 9.18. The van der Waals surface area contributed by atoms with Gasteiger partial charge < -0.3 is 20.7 Å². The lowest BCUT2D eigenvalue weighted by molar-refractivity contribution is -0.134. The Morgan fingerprint density at radius 3 is 2.84 bits per heavy atom. The maximum absolute atomic E-state index is 11.9. The Balaban J connectivity index is 1.81. The first-order valence-electron chi connectivity index (χ1n) is 6.32. The molecule has 0 aliphatic carbocycles. The van der Waals surface area contributed by atoms with Gasteiger partial charge in [0.25, 0.3) is 0 Å². The van der Waals surface area contributed by atoms with Crippen molar-refractivity contribution in [3.63, 3.8) is 0 Å². The van der Waals surface area contributed by atoms with E-state index in [-0.39, 0.29) is 5.91 Å². The van der Waals surface area contributed by atoms with Crippen LogP contribution in [0, 0.1) is 0 Å². The molecule has 1 heterocycles. The molecule has 1 aliphatic rings.